The van der Waals surface area contributed by atoms with Gasteiger partial charge in [0.05, 0.1) is 12.2 Å². The maximum absolute atomic E-state index is 12.3. The maximum atomic E-state index is 12.3. The predicted octanol–water partition coefficient (Wildman–Crippen LogP) is 2.65. The third-order valence-corrected chi connectivity index (χ3v) is 5.37. The predicted molar refractivity (Wildman–Crippen MR) is 83.0 cm³/mol. The lowest BCUT2D eigenvalue weighted by atomic mass is 10.1. The lowest BCUT2D eigenvalue weighted by Gasteiger charge is -2.35. The fourth-order valence-corrected chi connectivity index (χ4v) is 4.19. The highest BCUT2D eigenvalue weighted by atomic mass is 32.2. The van der Waals surface area contributed by atoms with Crippen LogP contribution in [0.25, 0.3) is 0 Å². The van der Waals surface area contributed by atoms with Gasteiger partial charge in [0, 0.05) is 19.1 Å². The number of amides is 1. The van der Waals surface area contributed by atoms with E-state index in [-0.39, 0.29) is 13.1 Å². The van der Waals surface area contributed by atoms with E-state index >= 15 is 0 Å². The Morgan fingerprint density at radius 2 is 1.88 bits per heavy atom. The molecule has 0 aromatic rings. The molecule has 1 aliphatic heterocycles. The number of carbonyl (C=O) groups is 1. The molecule has 1 N–H and O–H groups in total. The molecule has 0 spiro atoms. The van der Waals surface area contributed by atoms with Gasteiger partial charge in [0.25, 0.3) is 0 Å². The Morgan fingerprint density at radius 1 is 1.25 bits per heavy atom. The summed E-state index contributed by atoms with van der Waals surface area (Å²) in [6.45, 7) is 5.27. The van der Waals surface area contributed by atoms with Gasteiger partial charge in [-0.1, -0.05) is 6.42 Å². The number of piperidine rings is 1. The van der Waals surface area contributed by atoms with Crippen molar-refractivity contribution in [3.05, 3.63) is 0 Å². The Labute approximate surface area is 140 Å². The van der Waals surface area contributed by atoms with Crippen LogP contribution in [0.3, 0.4) is 0 Å². The van der Waals surface area contributed by atoms with E-state index in [4.69, 9.17) is 4.74 Å². The Hall–Kier alpha value is -1.03. The van der Waals surface area contributed by atoms with Crippen LogP contribution in [0.1, 0.15) is 46.5 Å². The number of halogens is 3. The summed E-state index contributed by atoms with van der Waals surface area (Å²) in [4.78, 5) is 11.7. The van der Waals surface area contributed by atoms with E-state index in [2.05, 4.69) is 5.32 Å². The molecule has 1 rings (SSSR count). The number of hydrogen-bond donors (Lipinski definition) is 1. The number of rotatable bonds is 5. The molecule has 1 heterocycles. The van der Waals surface area contributed by atoms with Gasteiger partial charge >= 0.3 is 12.3 Å². The molecule has 1 aliphatic rings. The first kappa shape index (κ1) is 21.0. The first-order chi connectivity index (χ1) is 10.8. The van der Waals surface area contributed by atoms with Crippen LogP contribution in [0.4, 0.5) is 18.0 Å². The van der Waals surface area contributed by atoms with Crippen molar-refractivity contribution in [2.24, 2.45) is 0 Å². The van der Waals surface area contributed by atoms with Crippen molar-refractivity contribution in [1.29, 1.82) is 0 Å². The molecule has 1 unspecified atom stereocenters. The van der Waals surface area contributed by atoms with Crippen molar-refractivity contribution in [3.8, 4) is 0 Å². The molecule has 1 atom stereocenters. The molecule has 24 heavy (non-hydrogen) atoms. The molecule has 0 aromatic heterocycles. The highest BCUT2D eigenvalue weighted by molar-refractivity contribution is 7.89. The van der Waals surface area contributed by atoms with Crippen LogP contribution >= 0.6 is 0 Å². The molecule has 0 radical (unpaired) electrons. The SMILES string of the molecule is CC(C)(C)OC(=O)NCC1CCCCN1S(=O)(=O)CCC(F)(F)F. The normalized spacial score (nSPS) is 20.7. The number of nitrogens with zero attached hydrogens (tertiary/aromatic N) is 1. The molecular weight excluding hydrogens is 349 g/mol. The number of alkyl halides is 3. The summed E-state index contributed by atoms with van der Waals surface area (Å²) < 4.78 is 67.5. The molecular formula is C14H25F3N2O4S. The van der Waals surface area contributed by atoms with Crippen LogP contribution < -0.4 is 5.32 Å². The molecule has 142 valence electrons. The number of alkyl carbamates (subject to hydrolysis) is 1. The number of ether oxygens (including phenoxy) is 1. The zero-order valence-electron chi connectivity index (χ0n) is 14.1. The number of hydrogen-bond acceptors (Lipinski definition) is 4. The summed E-state index contributed by atoms with van der Waals surface area (Å²) in [6, 6.07) is -0.551. The van der Waals surface area contributed by atoms with Gasteiger partial charge < -0.3 is 10.1 Å². The molecule has 0 saturated carbocycles. The molecule has 1 saturated heterocycles. The third-order valence-electron chi connectivity index (χ3n) is 3.45. The minimum atomic E-state index is -4.52. The fraction of sp³-hybridized carbons (Fsp3) is 0.929. The van der Waals surface area contributed by atoms with Gasteiger partial charge in [-0.15, -0.1) is 0 Å². The minimum Gasteiger partial charge on any atom is -0.444 e. The van der Waals surface area contributed by atoms with E-state index in [1.165, 1.54) is 0 Å². The van der Waals surface area contributed by atoms with Crippen LogP contribution in [-0.4, -0.2) is 55.5 Å². The van der Waals surface area contributed by atoms with Crippen molar-refractivity contribution in [3.63, 3.8) is 0 Å². The van der Waals surface area contributed by atoms with Crippen molar-refractivity contribution in [1.82, 2.24) is 9.62 Å². The Bertz CT molecular complexity index is 529. The average molecular weight is 374 g/mol. The molecule has 10 heteroatoms. The molecule has 1 amide bonds. The van der Waals surface area contributed by atoms with Crippen LogP contribution in [0.2, 0.25) is 0 Å². The van der Waals surface area contributed by atoms with E-state index in [0.29, 0.717) is 12.8 Å². The summed E-state index contributed by atoms with van der Waals surface area (Å²) >= 11 is 0. The van der Waals surface area contributed by atoms with Crippen LogP contribution in [0, 0.1) is 0 Å². The standard InChI is InChI=1S/C14H25F3N2O4S/c1-13(2,3)23-12(20)18-10-11-6-4-5-8-19(11)24(21,22)9-7-14(15,16)17/h11H,4-10H2,1-3H3,(H,18,20). The molecule has 0 bridgehead atoms. The second kappa shape index (κ2) is 7.90. The van der Waals surface area contributed by atoms with Gasteiger partial charge in [-0.05, 0) is 33.6 Å². The summed E-state index contributed by atoms with van der Waals surface area (Å²) in [7, 11) is -4.03. The highest BCUT2D eigenvalue weighted by Gasteiger charge is 2.36. The average Bonchev–Trinajstić information content (AvgIpc) is 2.41. The zero-order valence-corrected chi connectivity index (χ0v) is 15.0. The van der Waals surface area contributed by atoms with Crippen LogP contribution in [0.5, 0.6) is 0 Å². The minimum absolute atomic E-state index is 0.0140. The van der Waals surface area contributed by atoms with Crippen molar-refractivity contribution in [2.75, 3.05) is 18.8 Å². The van der Waals surface area contributed by atoms with E-state index in [1.807, 2.05) is 0 Å². The number of nitrogens with one attached hydrogen (secondary N) is 1. The summed E-state index contributed by atoms with van der Waals surface area (Å²) in [5, 5.41) is 2.49. The summed E-state index contributed by atoms with van der Waals surface area (Å²) in [6.07, 6.45) is -4.74. The molecule has 0 aliphatic carbocycles. The van der Waals surface area contributed by atoms with Gasteiger partial charge in [0.2, 0.25) is 10.0 Å². The highest BCUT2D eigenvalue weighted by Crippen LogP contribution is 2.25. The second-order valence-electron chi connectivity index (χ2n) is 6.82. The van der Waals surface area contributed by atoms with E-state index < -0.39 is 46.1 Å². The Kier molecular flexibility index (Phi) is 6.92. The summed E-state index contributed by atoms with van der Waals surface area (Å²) in [5.74, 6) is -0.973. The quantitative estimate of drug-likeness (QED) is 0.803. The second-order valence-corrected chi connectivity index (χ2v) is 8.87. The van der Waals surface area contributed by atoms with Crippen molar-refractivity contribution < 1.29 is 31.1 Å². The van der Waals surface area contributed by atoms with Crippen molar-refractivity contribution >= 4 is 16.1 Å². The monoisotopic (exact) mass is 374 g/mol. The first-order valence-corrected chi connectivity index (χ1v) is 9.44. The first-order valence-electron chi connectivity index (χ1n) is 7.83. The Balaban J connectivity index is 2.66. The topological polar surface area (TPSA) is 75.7 Å². The lowest BCUT2D eigenvalue weighted by Crippen LogP contribution is -2.50. The zero-order chi connectivity index (χ0) is 18.6. The van der Waals surface area contributed by atoms with Crippen molar-refractivity contribution in [2.45, 2.75) is 64.3 Å². The van der Waals surface area contributed by atoms with Crippen LogP contribution in [0.15, 0.2) is 0 Å². The number of carbonyl (C=O) groups excluding carboxylic acids is 1. The van der Waals surface area contributed by atoms with Crippen LogP contribution in [-0.2, 0) is 14.8 Å². The number of sulfonamides is 1. The van der Waals surface area contributed by atoms with Gasteiger partial charge in [-0.25, -0.2) is 13.2 Å². The summed E-state index contributed by atoms with van der Waals surface area (Å²) in [5.41, 5.74) is -0.685. The van der Waals surface area contributed by atoms with Gasteiger partial charge in [-0.2, -0.15) is 17.5 Å². The van der Waals surface area contributed by atoms with E-state index in [0.717, 1.165) is 10.7 Å². The lowest BCUT2D eigenvalue weighted by molar-refractivity contribution is -0.130. The van der Waals surface area contributed by atoms with E-state index in [1.54, 1.807) is 20.8 Å². The molecule has 6 nitrogen and oxygen atoms in total. The Morgan fingerprint density at radius 3 is 2.42 bits per heavy atom. The van der Waals surface area contributed by atoms with Gasteiger partial charge in [0.1, 0.15) is 5.60 Å². The fourth-order valence-electron chi connectivity index (χ4n) is 2.42. The molecule has 1 fully saturated rings. The maximum Gasteiger partial charge on any atom is 0.407 e. The van der Waals surface area contributed by atoms with E-state index in [9.17, 15) is 26.4 Å². The molecule has 0 aromatic carbocycles. The smallest absolute Gasteiger partial charge is 0.407 e. The van der Waals surface area contributed by atoms with Gasteiger partial charge in [-0.3, -0.25) is 0 Å². The third kappa shape index (κ3) is 7.69. The van der Waals surface area contributed by atoms with Gasteiger partial charge in [0.15, 0.2) is 0 Å². The largest absolute Gasteiger partial charge is 0.444 e.